The molecular weight excluding hydrogens is 335 g/mol. The van der Waals surface area contributed by atoms with E-state index in [1.165, 1.54) is 12.1 Å². The van der Waals surface area contributed by atoms with E-state index < -0.39 is 0 Å². The van der Waals surface area contributed by atoms with Crippen LogP contribution in [-0.2, 0) is 9.47 Å². The minimum absolute atomic E-state index is 0.148. The number of benzene rings is 1. The number of guanidine groups is 1. The molecule has 1 N–H and O–H groups in total. The van der Waals surface area contributed by atoms with E-state index in [0.717, 1.165) is 57.3 Å². The number of hydrogen-bond donors (Lipinski definition) is 1. The molecule has 0 aliphatic carbocycles. The minimum Gasteiger partial charge on any atom is -0.379 e. The summed E-state index contributed by atoms with van der Waals surface area (Å²) < 4.78 is 24.1. The maximum Gasteiger partial charge on any atom is 0.193 e. The molecule has 2 atom stereocenters. The molecule has 0 spiro atoms. The zero-order chi connectivity index (χ0) is 18.4. The molecule has 2 heterocycles. The molecule has 0 aromatic heterocycles. The van der Waals surface area contributed by atoms with Crippen LogP contribution in [0.15, 0.2) is 29.3 Å². The molecule has 0 amide bonds. The highest BCUT2D eigenvalue weighted by Crippen LogP contribution is 2.19. The molecule has 2 fully saturated rings. The maximum atomic E-state index is 13.1. The Morgan fingerprint density at radius 1 is 1.31 bits per heavy atom. The van der Waals surface area contributed by atoms with Crippen LogP contribution in [0.2, 0.25) is 0 Å². The number of methoxy groups -OCH3 is 1. The first-order valence-corrected chi connectivity index (χ1v) is 9.27. The van der Waals surface area contributed by atoms with Gasteiger partial charge in [0.1, 0.15) is 5.82 Å². The minimum atomic E-state index is -0.237. The van der Waals surface area contributed by atoms with E-state index in [9.17, 15) is 4.39 Å². The van der Waals surface area contributed by atoms with Crippen molar-refractivity contribution in [3.63, 3.8) is 0 Å². The van der Waals surface area contributed by atoms with Crippen molar-refractivity contribution in [3.8, 4) is 0 Å². The second-order valence-corrected chi connectivity index (χ2v) is 6.74. The predicted octanol–water partition coefficient (Wildman–Crippen LogP) is 1.50. The lowest BCUT2D eigenvalue weighted by molar-refractivity contribution is 0.0194. The van der Waals surface area contributed by atoms with Gasteiger partial charge >= 0.3 is 0 Å². The molecule has 144 valence electrons. The van der Waals surface area contributed by atoms with Crippen LogP contribution >= 0.6 is 0 Å². The summed E-state index contributed by atoms with van der Waals surface area (Å²) in [6, 6.07) is 7.01. The van der Waals surface area contributed by atoms with Gasteiger partial charge in [0.15, 0.2) is 5.96 Å². The molecule has 1 aromatic rings. The topological polar surface area (TPSA) is 49.3 Å². The highest BCUT2D eigenvalue weighted by atomic mass is 19.1. The average Bonchev–Trinajstić information content (AvgIpc) is 3.17. The normalized spacial score (nSPS) is 23.3. The fourth-order valence-corrected chi connectivity index (χ4v) is 3.71. The van der Waals surface area contributed by atoms with Crippen molar-refractivity contribution < 1.29 is 13.9 Å². The first-order valence-electron chi connectivity index (χ1n) is 9.27. The largest absolute Gasteiger partial charge is 0.379 e. The third-order valence-corrected chi connectivity index (χ3v) is 5.21. The van der Waals surface area contributed by atoms with Crippen molar-refractivity contribution in [2.75, 3.05) is 60.1 Å². The molecule has 2 saturated heterocycles. The molecular formula is C19H29FN4O2. The molecule has 7 heteroatoms. The Balaban J connectivity index is 1.53. The van der Waals surface area contributed by atoms with Gasteiger partial charge in [0.25, 0.3) is 0 Å². The van der Waals surface area contributed by atoms with Crippen LogP contribution in [0.3, 0.4) is 0 Å². The second kappa shape index (κ2) is 9.30. The molecule has 3 rings (SSSR count). The van der Waals surface area contributed by atoms with Gasteiger partial charge in [-0.15, -0.1) is 0 Å². The summed E-state index contributed by atoms with van der Waals surface area (Å²) in [5, 5.41) is 3.41. The van der Waals surface area contributed by atoms with E-state index in [-0.39, 0.29) is 11.9 Å². The molecule has 0 bridgehead atoms. The van der Waals surface area contributed by atoms with Crippen LogP contribution in [0.5, 0.6) is 0 Å². The van der Waals surface area contributed by atoms with E-state index in [4.69, 9.17) is 9.47 Å². The fraction of sp³-hybridized carbons (Fsp3) is 0.632. The Labute approximate surface area is 155 Å². The Morgan fingerprint density at radius 3 is 2.69 bits per heavy atom. The number of hydrogen-bond acceptors (Lipinski definition) is 4. The standard InChI is InChI=1S/C19H29FN4O2/c1-21-19(22-13-18(25-2)15-3-5-16(20)6-4-15)24-8-7-17(14-24)23-9-11-26-12-10-23/h3-6,17-18H,7-14H2,1-2H3,(H,21,22). The third-order valence-electron chi connectivity index (χ3n) is 5.21. The van der Waals surface area contributed by atoms with E-state index in [0.29, 0.717) is 12.6 Å². The lowest BCUT2D eigenvalue weighted by Crippen LogP contribution is -2.47. The lowest BCUT2D eigenvalue weighted by atomic mass is 10.1. The quantitative estimate of drug-likeness (QED) is 0.634. The summed E-state index contributed by atoms with van der Waals surface area (Å²) in [7, 11) is 3.48. The van der Waals surface area contributed by atoms with Crippen molar-refractivity contribution in [1.82, 2.24) is 15.1 Å². The van der Waals surface area contributed by atoms with Crippen molar-refractivity contribution in [2.45, 2.75) is 18.6 Å². The lowest BCUT2D eigenvalue weighted by Gasteiger charge is -2.32. The zero-order valence-electron chi connectivity index (χ0n) is 15.7. The van der Waals surface area contributed by atoms with Crippen LogP contribution in [0.4, 0.5) is 4.39 Å². The number of nitrogens with one attached hydrogen (secondary N) is 1. The van der Waals surface area contributed by atoms with Gasteiger partial charge < -0.3 is 19.7 Å². The fourth-order valence-electron chi connectivity index (χ4n) is 3.71. The Morgan fingerprint density at radius 2 is 2.04 bits per heavy atom. The maximum absolute atomic E-state index is 13.1. The van der Waals surface area contributed by atoms with Gasteiger partial charge in [-0.1, -0.05) is 12.1 Å². The summed E-state index contributed by atoms with van der Waals surface area (Å²) in [4.78, 5) is 9.26. The summed E-state index contributed by atoms with van der Waals surface area (Å²) in [6.07, 6.45) is 0.997. The van der Waals surface area contributed by atoms with Gasteiger partial charge in [-0.25, -0.2) is 4.39 Å². The monoisotopic (exact) mass is 364 g/mol. The van der Waals surface area contributed by atoms with Gasteiger partial charge in [0.05, 0.1) is 19.3 Å². The molecule has 2 aliphatic heterocycles. The van der Waals surface area contributed by atoms with E-state index in [2.05, 4.69) is 20.1 Å². The van der Waals surface area contributed by atoms with Gasteiger partial charge in [0, 0.05) is 52.9 Å². The Bertz CT molecular complexity index is 590. The molecule has 0 saturated carbocycles. The van der Waals surface area contributed by atoms with E-state index in [1.54, 1.807) is 19.2 Å². The molecule has 2 unspecified atom stereocenters. The summed E-state index contributed by atoms with van der Waals surface area (Å²) in [5.74, 6) is 0.656. The average molecular weight is 364 g/mol. The van der Waals surface area contributed by atoms with E-state index >= 15 is 0 Å². The number of rotatable bonds is 5. The number of morpholine rings is 1. The number of aliphatic imine (C=N–C) groups is 1. The number of likely N-dealkylation sites (tertiary alicyclic amines) is 1. The van der Waals surface area contributed by atoms with Crippen LogP contribution in [0.25, 0.3) is 0 Å². The number of halogens is 1. The Hall–Kier alpha value is -1.70. The number of ether oxygens (including phenoxy) is 2. The third kappa shape index (κ3) is 4.72. The first kappa shape index (κ1) is 19.1. The summed E-state index contributed by atoms with van der Waals surface area (Å²) >= 11 is 0. The number of nitrogens with zero attached hydrogens (tertiary/aromatic N) is 3. The zero-order valence-corrected chi connectivity index (χ0v) is 15.7. The van der Waals surface area contributed by atoms with Crippen molar-refractivity contribution in [3.05, 3.63) is 35.6 Å². The first-order chi connectivity index (χ1) is 12.7. The van der Waals surface area contributed by atoms with Gasteiger partial charge in [-0.2, -0.15) is 0 Å². The van der Waals surface area contributed by atoms with Gasteiger partial charge in [0.2, 0.25) is 0 Å². The van der Waals surface area contributed by atoms with Crippen LogP contribution in [0, 0.1) is 5.82 Å². The summed E-state index contributed by atoms with van der Waals surface area (Å²) in [6.45, 7) is 6.26. The highest BCUT2D eigenvalue weighted by molar-refractivity contribution is 5.80. The summed E-state index contributed by atoms with van der Waals surface area (Å²) in [5.41, 5.74) is 0.949. The molecule has 1 aromatic carbocycles. The van der Waals surface area contributed by atoms with Crippen molar-refractivity contribution >= 4 is 5.96 Å². The Kier molecular flexibility index (Phi) is 6.82. The molecule has 6 nitrogen and oxygen atoms in total. The van der Waals surface area contributed by atoms with Crippen LogP contribution in [-0.4, -0.2) is 81.9 Å². The second-order valence-electron chi connectivity index (χ2n) is 6.74. The molecule has 26 heavy (non-hydrogen) atoms. The van der Waals surface area contributed by atoms with Gasteiger partial charge in [-0.3, -0.25) is 9.89 Å². The van der Waals surface area contributed by atoms with Crippen LogP contribution in [0.1, 0.15) is 18.1 Å². The van der Waals surface area contributed by atoms with Crippen molar-refractivity contribution in [2.24, 2.45) is 4.99 Å². The van der Waals surface area contributed by atoms with Gasteiger partial charge in [-0.05, 0) is 24.1 Å². The molecule has 2 aliphatic rings. The van der Waals surface area contributed by atoms with Crippen LogP contribution < -0.4 is 5.32 Å². The molecule has 0 radical (unpaired) electrons. The van der Waals surface area contributed by atoms with E-state index in [1.807, 2.05) is 7.05 Å². The van der Waals surface area contributed by atoms with Crippen molar-refractivity contribution in [1.29, 1.82) is 0 Å². The SMILES string of the molecule is CN=C(NCC(OC)c1ccc(F)cc1)N1CCC(N2CCOCC2)C1. The smallest absolute Gasteiger partial charge is 0.193 e. The highest BCUT2D eigenvalue weighted by Gasteiger charge is 2.30. The predicted molar refractivity (Wildman–Crippen MR) is 99.9 cm³/mol.